The number of ether oxygens (including phenoxy) is 2. The Hall–Kier alpha value is -2.53. The van der Waals surface area contributed by atoms with Crippen LogP contribution in [0.1, 0.15) is 28.8 Å². The predicted molar refractivity (Wildman–Crippen MR) is 96.9 cm³/mol. The van der Waals surface area contributed by atoms with Gasteiger partial charge in [0.15, 0.2) is 17.3 Å². The number of aliphatic hydroxyl groups excluding tert-OH is 1. The van der Waals surface area contributed by atoms with Gasteiger partial charge in [-0.15, -0.1) is 0 Å². The molecule has 25 heavy (non-hydrogen) atoms. The molecule has 0 bridgehead atoms. The topological polar surface area (TPSA) is 59.0 Å². The fraction of sp³-hybridized carbons (Fsp3) is 0.350. The highest BCUT2D eigenvalue weighted by molar-refractivity contribution is 6.09. The summed E-state index contributed by atoms with van der Waals surface area (Å²) in [5.41, 5.74) is 2.21. The Morgan fingerprint density at radius 2 is 1.68 bits per heavy atom. The lowest BCUT2D eigenvalue weighted by atomic mass is 10.0. The van der Waals surface area contributed by atoms with Crippen LogP contribution in [0.3, 0.4) is 0 Å². The molecule has 0 aliphatic carbocycles. The standard InChI is InChI=1S/C20H23NO4/c1-24-18-7-6-15(13-19(18)25-2)20(23)14-4-3-5-16(12-14)21-10-8-17(22)9-11-21/h3-7,12-13,17,22H,8-11H2,1-2H3. The molecule has 0 saturated carbocycles. The van der Waals surface area contributed by atoms with Gasteiger partial charge in [0.1, 0.15) is 0 Å². The van der Waals surface area contributed by atoms with E-state index in [4.69, 9.17) is 9.47 Å². The van der Waals surface area contributed by atoms with E-state index in [9.17, 15) is 9.90 Å². The number of ketones is 1. The molecular formula is C20H23NO4. The van der Waals surface area contributed by atoms with Gasteiger partial charge >= 0.3 is 0 Å². The number of piperidine rings is 1. The first-order chi connectivity index (χ1) is 12.1. The molecule has 1 aliphatic rings. The predicted octanol–water partition coefficient (Wildman–Crippen LogP) is 2.90. The summed E-state index contributed by atoms with van der Waals surface area (Å²) in [5, 5.41) is 9.65. The van der Waals surface area contributed by atoms with Crippen LogP contribution in [0.15, 0.2) is 42.5 Å². The largest absolute Gasteiger partial charge is 0.493 e. The highest BCUT2D eigenvalue weighted by atomic mass is 16.5. The molecule has 0 amide bonds. The van der Waals surface area contributed by atoms with Crippen molar-refractivity contribution in [2.45, 2.75) is 18.9 Å². The molecular weight excluding hydrogens is 318 g/mol. The van der Waals surface area contributed by atoms with Crippen molar-refractivity contribution >= 4 is 11.5 Å². The van der Waals surface area contributed by atoms with E-state index in [2.05, 4.69) is 4.90 Å². The molecule has 0 aromatic heterocycles. The van der Waals surface area contributed by atoms with E-state index in [-0.39, 0.29) is 11.9 Å². The van der Waals surface area contributed by atoms with Gasteiger partial charge in [-0.2, -0.15) is 0 Å². The number of anilines is 1. The summed E-state index contributed by atoms with van der Waals surface area (Å²) in [6.45, 7) is 1.60. The Labute approximate surface area is 147 Å². The van der Waals surface area contributed by atoms with Gasteiger partial charge in [-0.1, -0.05) is 12.1 Å². The lowest BCUT2D eigenvalue weighted by Gasteiger charge is -2.31. The summed E-state index contributed by atoms with van der Waals surface area (Å²) in [4.78, 5) is 15.1. The second kappa shape index (κ2) is 7.57. The number of hydrogen-bond donors (Lipinski definition) is 1. The SMILES string of the molecule is COc1ccc(C(=O)c2cccc(N3CCC(O)CC3)c2)cc1OC. The molecule has 1 fully saturated rings. The zero-order valence-electron chi connectivity index (χ0n) is 14.6. The second-order valence-corrected chi connectivity index (χ2v) is 6.17. The van der Waals surface area contributed by atoms with Crippen LogP contribution < -0.4 is 14.4 Å². The molecule has 1 heterocycles. The third-order valence-corrected chi connectivity index (χ3v) is 4.58. The van der Waals surface area contributed by atoms with E-state index in [1.807, 2.05) is 24.3 Å². The normalized spacial score (nSPS) is 15.1. The number of aliphatic hydroxyl groups is 1. The summed E-state index contributed by atoms with van der Waals surface area (Å²) in [7, 11) is 3.12. The van der Waals surface area contributed by atoms with Crippen molar-refractivity contribution in [3.05, 3.63) is 53.6 Å². The highest BCUT2D eigenvalue weighted by Gasteiger charge is 2.19. The van der Waals surface area contributed by atoms with Crippen LogP contribution in [0.5, 0.6) is 11.5 Å². The molecule has 5 heteroatoms. The minimum absolute atomic E-state index is 0.0557. The Morgan fingerprint density at radius 3 is 2.36 bits per heavy atom. The van der Waals surface area contributed by atoms with Crippen LogP contribution in [0.4, 0.5) is 5.69 Å². The minimum Gasteiger partial charge on any atom is -0.493 e. The molecule has 2 aromatic rings. The van der Waals surface area contributed by atoms with Gasteiger partial charge in [0.05, 0.1) is 20.3 Å². The Balaban J connectivity index is 1.84. The second-order valence-electron chi connectivity index (χ2n) is 6.17. The van der Waals surface area contributed by atoms with Gasteiger partial charge in [-0.3, -0.25) is 4.79 Å². The van der Waals surface area contributed by atoms with Crippen LogP contribution in [0.2, 0.25) is 0 Å². The maximum Gasteiger partial charge on any atom is 0.193 e. The fourth-order valence-corrected chi connectivity index (χ4v) is 3.11. The van der Waals surface area contributed by atoms with Gasteiger partial charge in [0.2, 0.25) is 0 Å². The number of benzene rings is 2. The van der Waals surface area contributed by atoms with Gasteiger partial charge in [0.25, 0.3) is 0 Å². The van der Waals surface area contributed by atoms with Gasteiger partial charge in [0, 0.05) is 29.9 Å². The smallest absolute Gasteiger partial charge is 0.193 e. The van der Waals surface area contributed by atoms with E-state index in [1.54, 1.807) is 32.4 Å². The van der Waals surface area contributed by atoms with E-state index in [0.29, 0.717) is 22.6 Å². The van der Waals surface area contributed by atoms with Crippen LogP contribution in [0, 0.1) is 0 Å². The summed E-state index contributed by atoms with van der Waals surface area (Å²) in [5.74, 6) is 1.08. The fourth-order valence-electron chi connectivity index (χ4n) is 3.11. The summed E-state index contributed by atoms with van der Waals surface area (Å²) in [6.07, 6.45) is 1.30. The van der Waals surface area contributed by atoms with Crippen molar-refractivity contribution in [2.75, 3.05) is 32.2 Å². The average Bonchev–Trinajstić information content (AvgIpc) is 2.67. The van der Waals surface area contributed by atoms with Crippen LogP contribution in [-0.2, 0) is 0 Å². The molecule has 1 N–H and O–H groups in total. The van der Waals surface area contributed by atoms with Crippen molar-refractivity contribution < 1.29 is 19.4 Å². The number of carbonyl (C=O) groups is 1. The van der Waals surface area contributed by atoms with E-state index >= 15 is 0 Å². The zero-order valence-corrected chi connectivity index (χ0v) is 14.6. The number of carbonyl (C=O) groups excluding carboxylic acids is 1. The maximum atomic E-state index is 12.8. The third-order valence-electron chi connectivity index (χ3n) is 4.58. The van der Waals surface area contributed by atoms with Gasteiger partial charge in [-0.05, 0) is 43.2 Å². The van der Waals surface area contributed by atoms with Crippen molar-refractivity contribution in [2.24, 2.45) is 0 Å². The number of nitrogens with zero attached hydrogens (tertiary/aromatic N) is 1. The quantitative estimate of drug-likeness (QED) is 0.848. The number of hydrogen-bond acceptors (Lipinski definition) is 5. The van der Waals surface area contributed by atoms with E-state index in [0.717, 1.165) is 31.6 Å². The molecule has 0 unspecified atom stereocenters. The third kappa shape index (κ3) is 3.77. The molecule has 132 valence electrons. The molecule has 0 spiro atoms. The van der Waals surface area contributed by atoms with Crippen LogP contribution in [-0.4, -0.2) is 44.3 Å². The molecule has 3 rings (SSSR count). The van der Waals surface area contributed by atoms with Crippen molar-refractivity contribution in [3.8, 4) is 11.5 Å². The lowest BCUT2D eigenvalue weighted by molar-refractivity contribution is 0.103. The number of rotatable bonds is 5. The molecule has 0 radical (unpaired) electrons. The summed E-state index contributed by atoms with van der Waals surface area (Å²) < 4.78 is 10.5. The first-order valence-electron chi connectivity index (χ1n) is 8.42. The molecule has 0 atom stereocenters. The summed E-state index contributed by atoms with van der Waals surface area (Å²) in [6, 6.07) is 12.8. The first kappa shape index (κ1) is 17.3. The zero-order chi connectivity index (χ0) is 17.8. The van der Waals surface area contributed by atoms with Gasteiger partial charge < -0.3 is 19.5 Å². The van der Waals surface area contributed by atoms with Crippen molar-refractivity contribution in [1.82, 2.24) is 0 Å². The molecule has 1 saturated heterocycles. The maximum absolute atomic E-state index is 12.8. The van der Waals surface area contributed by atoms with Crippen LogP contribution >= 0.6 is 0 Å². The first-order valence-corrected chi connectivity index (χ1v) is 8.42. The average molecular weight is 341 g/mol. The lowest BCUT2D eigenvalue weighted by Crippen LogP contribution is -2.35. The Bertz CT molecular complexity index is 751. The van der Waals surface area contributed by atoms with Crippen molar-refractivity contribution in [3.63, 3.8) is 0 Å². The molecule has 2 aromatic carbocycles. The van der Waals surface area contributed by atoms with Crippen molar-refractivity contribution in [1.29, 1.82) is 0 Å². The Morgan fingerprint density at radius 1 is 1.00 bits per heavy atom. The summed E-state index contributed by atoms with van der Waals surface area (Å²) >= 11 is 0. The van der Waals surface area contributed by atoms with Crippen LogP contribution in [0.25, 0.3) is 0 Å². The highest BCUT2D eigenvalue weighted by Crippen LogP contribution is 2.29. The van der Waals surface area contributed by atoms with E-state index < -0.39 is 0 Å². The monoisotopic (exact) mass is 341 g/mol. The number of methoxy groups -OCH3 is 2. The Kier molecular flexibility index (Phi) is 5.24. The minimum atomic E-state index is -0.215. The molecule has 5 nitrogen and oxygen atoms in total. The molecule has 1 aliphatic heterocycles. The van der Waals surface area contributed by atoms with E-state index in [1.165, 1.54) is 0 Å². The van der Waals surface area contributed by atoms with Gasteiger partial charge in [-0.25, -0.2) is 0 Å².